The standard InChI is InChI=1S/C20H20FN5OS/c1-2-3-8-20(9-4-5-14(16(20)21)17(22)27)19-25-24-18(28-19)13-6-7-15-23-10-11-26(15)12-13/h4-7,9-12,16H,2-3,8H2,1H3,(H2,22,27). The van der Waals surface area contributed by atoms with Crippen molar-refractivity contribution in [3.05, 3.63) is 59.5 Å². The number of alkyl halides is 1. The van der Waals surface area contributed by atoms with Crippen molar-refractivity contribution in [2.75, 3.05) is 0 Å². The van der Waals surface area contributed by atoms with Gasteiger partial charge >= 0.3 is 0 Å². The first-order chi connectivity index (χ1) is 13.5. The smallest absolute Gasteiger partial charge is 0.247 e. The Bertz CT molecular complexity index is 1090. The van der Waals surface area contributed by atoms with Crippen molar-refractivity contribution in [1.29, 1.82) is 0 Å². The maximum atomic E-state index is 15.5. The van der Waals surface area contributed by atoms with E-state index in [4.69, 9.17) is 5.73 Å². The molecule has 2 N–H and O–H groups in total. The highest BCUT2D eigenvalue weighted by Gasteiger charge is 2.46. The van der Waals surface area contributed by atoms with Gasteiger partial charge in [-0.15, -0.1) is 10.2 Å². The van der Waals surface area contributed by atoms with Gasteiger partial charge in [0, 0.05) is 24.2 Å². The molecule has 6 nitrogen and oxygen atoms in total. The normalized spacial score (nSPS) is 21.8. The average Bonchev–Trinajstić information content (AvgIpc) is 3.36. The zero-order valence-corrected chi connectivity index (χ0v) is 16.2. The summed E-state index contributed by atoms with van der Waals surface area (Å²) in [7, 11) is 0. The Morgan fingerprint density at radius 2 is 2.25 bits per heavy atom. The molecule has 8 heteroatoms. The first-order valence-corrected chi connectivity index (χ1v) is 9.97. The van der Waals surface area contributed by atoms with E-state index < -0.39 is 17.5 Å². The second kappa shape index (κ2) is 7.27. The van der Waals surface area contributed by atoms with Gasteiger partial charge in [-0.25, -0.2) is 9.37 Å². The van der Waals surface area contributed by atoms with Crippen LogP contribution in [0, 0.1) is 0 Å². The Morgan fingerprint density at radius 3 is 3.04 bits per heavy atom. The van der Waals surface area contributed by atoms with E-state index in [2.05, 4.69) is 15.2 Å². The number of nitrogens with two attached hydrogens (primary N) is 1. The van der Waals surface area contributed by atoms with Crippen molar-refractivity contribution in [3.63, 3.8) is 0 Å². The molecule has 0 bridgehead atoms. The first-order valence-electron chi connectivity index (χ1n) is 9.15. The largest absolute Gasteiger partial charge is 0.366 e. The average molecular weight is 397 g/mol. The molecule has 144 valence electrons. The van der Waals surface area contributed by atoms with Crippen LogP contribution in [0.3, 0.4) is 0 Å². The lowest BCUT2D eigenvalue weighted by Gasteiger charge is -2.34. The van der Waals surface area contributed by atoms with Gasteiger partial charge in [-0.1, -0.05) is 49.3 Å². The van der Waals surface area contributed by atoms with E-state index in [-0.39, 0.29) is 5.57 Å². The third kappa shape index (κ3) is 3.03. The summed E-state index contributed by atoms with van der Waals surface area (Å²) in [6.07, 6.45) is 11.1. The lowest BCUT2D eigenvalue weighted by Crippen LogP contribution is -2.41. The van der Waals surface area contributed by atoms with Crippen molar-refractivity contribution in [1.82, 2.24) is 19.6 Å². The van der Waals surface area contributed by atoms with Crippen molar-refractivity contribution < 1.29 is 9.18 Å². The number of hydrogen-bond acceptors (Lipinski definition) is 5. The Morgan fingerprint density at radius 1 is 1.39 bits per heavy atom. The quantitative estimate of drug-likeness (QED) is 0.689. The molecule has 0 fully saturated rings. The third-order valence-electron chi connectivity index (χ3n) is 5.08. The molecule has 1 aliphatic rings. The molecule has 0 aliphatic heterocycles. The summed E-state index contributed by atoms with van der Waals surface area (Å²) in [6.45, 7) is 2.05. The van der Waals surface area contributed by atoms with Crippen LogP contribution in [0.15, 0.2) is 54.5 Å². The molecule has 3 aromatic rings. The number of carbonyl (C=O) groups excluding carboxylic acids is 1. The topological polar surface area (TPSA) is 86.2 Å². The number of rotatable bonds is 6. The highest BCUT2D eigenvalue weighted by molar-refractivity contribution is 7.14. The summed E-state index contributed by atoms with van der Waals surface area (Å²) in [6, 6.07) is 3.82. The van der Waals surface area contributed by atoms with Crippen LogP contribution < -0.4 is 5.73 Å². The Balaban J connectivity index is 1.75. The van der Waals surface area contributed by atoms with E-state index in [1.807, 2.05) is 35.9 Å². The van der Waals surface area contributed by atoms with Gasteiger partial charge in [-0.3, -0.25) is 4.79 Å². The van der Waals surface area contributed by atoms with Gasteiger partial charge in [0.1, 0.15) is 21.8 Å². The predicted molar refractivity (Wildman–Crippen MR) is 107 cm³/mol. The number of primary amides is 1. The summed E-state index contributed by atoms with van der Waals surface area (Å²) < 4.78 is 17.4. The predicted octanol–water partition coefficient (Wildman–Crippen LogP) is 3.60. The monoisotopic (exact) mass is 397 g/mol. The zero-order valence-electron chi connectivity index (χ0n) is 15.4. The number of aromatic nitrogens is 4. The SMILES string of the molecule is CCCCC1(c2nnc(-c3ccc4nccn4c3)s2)C=CC=C(C(N)=O)C1F. The van der Waals surface area contributed by atoms with Crippen molar-refractivity contribution >= 4 is 22.9 Å². The fourth-order valence-corrected chi connectivity index (χ4v) is 4.57. The summed E-state index contributed by atoms with van der Waals surface area (Å²) in [5, 5.41) is 9.88. The number of imidazole rings is 1. The zero-order chi connectivity index (χ0) is 19.7. The lowest BCUT2D eigenvalue weighted by atomic mass is 9.73. The van der Waals surface area contributed by atoms with Crippen LogP contribution in [0.1, 0.15) is 31.2 Å². The van der Waals surface area contributed by atoms with Crippen LogP contribution in [-0.4, -0.2) is 31.7 Å². The minimum atomic E-state index is -1.54. The molecular weight excluding hydrogens is 377 g/mol. The fourth-order valence-electron chi connectivity index (χ4n) is 3.52. The molecular formula is C20H20FN5OS. The van der Waals surface area contributed by atoms with E-state index >= 15 is 4.39 Å². The summed E-state index contributed by atoms with van der Waals surface area (Å²) >= 11 is 1.34. The van der Waals surface area contributed by atoms with Gasteiger partial charge in [0.15, 0.2) is 0 Å². The minimum absolute atomic E-state index is 0.0183. The van der Waals surface area contributed by atoms with Gasteiger partial charge in [-0.05, 0) is 18.6 Å². The number of allylic oxidation sites excluding steroid dienone is 3. The van der Waals surface area contributed by atoms with Crippen LogP contribution >= 0.6 is 11.3 Å². The van der Waals surface area contributed by atoms with Crippen molar-refractivity contribution in [2.24, 2.45) is 5.73 Å². The van der Waals surface area contributed by atoms with Crippen molar-refractivity contribution in [2.45, 2.75) is 37.8 Å². The van der Waals surface area contributed by atoms with Crippen LogP contribution in [0.25, 0.3) is 16.2 Å². The Labute approximate surface area is 165 Å². The van der Waals surface area contributed by atoms with Gasteiger partial charge in [0.25, 0.3) is 0 Å². The van der Waals surface area contributed by atoms with Gasteiger partial charge in [-0.2, -0.15) is 0 Å². The molecule has 0 aromatic carbocycles. The molecule has 2 unspecified atom stereocenters. The third-order valence-corrected chi connectivity index (χ3v) is 6.25. The maximum Gasteiger partial charge on any atom is 0.247 e. The fraction of sp³-hybridized carbons (Fsp3) is 0.300. The molecule has 0 saturated carbocycles. The number of unbranched alkanes of at least 4 members (excludes halogenated alkanes) is 1. The second-order valence-corrected chi connectivity index (χ2v) is 7.85. The molecule has 4 rings (SSSR count). The second-order valence-electron chi connectivity index (χ2n) is 6.87. The molecule has 28 heavy (non-hydrogen) atoms. The van der Waals surface area contributed by atoms with Gasteiger partial charge < -0.3 is 10.1 Å². The highest BCUT2D eigenvalue weighted by atomic mass is 32.1. The molecule has 0 saturated heterocycles. The van der Waals surface area contributed by atoms with E-state index in [1.54, 1.807) is 18.3 Å². The maximum absolute atomic E-state index is 15.5. The number of nitrogens with zero attached hydrogens (tertiary/aromatic N) is 4. The summed E-state index contributed by atoms with van der Waals surface area (Å²) in [5.41, 5.74) is 6.07. The first kappa shape index (κ1) is 18.5. The molecule has 1 amide bonds. The molecule has 3 aromatic heterocycles. The Kier molecular flexibility index (Phi) is 4.80. The van der Waals surface area contributed by atoms with Crippen LogP contribution in [0.2, 0.25) is 0 Å². The van der Waals surface area contributed by atoms with E-state index in [0.717, 1.165) is 24.1 Å². The number of hydrogen-bond donors (Lipinski definition) is 1. The lowest BCUT2D eigenvalue weighted by molar-refractivity contribution is -0.115. The highest BCUT2D eigenvalue weighted by Crippen LogP contribution is 2.44. The number of halogens is 1. The molecule has 1 aliphatic carbocycles. The van der Waals surface area contributed by atoms with Crippen molar-refractivity contribution in [3.8, 4) is 10.6 Å². The minimum Gasteiger partial charge on any atom is -0.366 e. The van der Waals surface area contributed by atoms with Crippen LogP contribution in [0.5, 0.6) is 0 Å². The van der Waals surface area contributed by atoms with E-state index in [1.165, 1.54) is 17.4 Å². The molecule has 3 heterocycles. The Hall–Kier alpha value is -2.87. The number of amides is 1. The van der Waals surface area contributed by atoms with Crippen LogP contribution in [0.4, 0.5) is 4.39 Å². The van der Waals surface area contributed by atoms with Gasteiger partial charge in [0.05, 0.1) is 11.0 Å². The molecule has 2 atom stereocenters. The van der Waals surface area contributed by atoms with E-state index in [9.17, 15) is 4.79 Å². The summed E-state index contributed by atoms with van der Waals surface area (Å²) in [5.74, 6) is -0.743. The number of carbonyl (C=O) groups is 1. The van der Waals surface area contributed by atoms with E-state index in [0.29, 0.717) is 16.4 Å². The molecule has 0 radical (unpaired) electrons. The number of fused-ring (bicyclic) bond motifs is 1. The van der Waals surface area contributed by atoms with Gasteiger partial charge in [0.2, 0.25) is 5.91 Å². The molecule has 0 spiro atoms. The number of pyridine rings is 1. The summed E-state index contributed by atoms with van der Waals surface area (Å²) in [4.78, 5) is 16.0. The van der Waals surface area contributed by atoms with Crippen LogP contribution in [-0.2, 0) is 10.2 Å².